The highest BCUT2D eigenvalue weighted by atomic mass is 16.7. The van der Waals surface area contributed by atoms with Crippen molar-refractivity contribution in [3.05, 3.63) is 23.3 Å². The van der Waals surface area contributed by atoms with Crippen molar-refractivity contribution in [2.75, 3.05) is 13.9 Å². The molecule has 0 radical (unpaired) electrons. The smallest absolute Gasteiger partial charge is 0.534 e. The van der Waals surface area contributed by atoms with E-state index in [0.29, 0.717) is 11.3 Å². The second kappa shape index (κ2) is 9.17. The SMILES string of the molecule is CCC(=O)NC1Cc2cc(OC)cc(C(=O)OCOC(=O)C(C)(C)C)c2OB1O. The van der Waals surface area contributed by atoms with Gasteiger partial charge < -0.3 is 29.2 Å². The monoisotopic (exact) mass is 407 g/mol. The lowest BCUT2D eigenvalue weighted by Gasteiger charge is -2.29. The molecule has 9 nitrogen and oxygen atoms in total. The number of esters is 2. The minimum absolute atomic E-state index is 0.0190. The fourth-order valence-electron chi connectivity index (χ4n) is 2.62. The van der Waals surface area contributed by atoms with Crippen molar-refractivity contribution in [1.82, 2.24) is 5.32 Å². The first-order valence-electron chi connectivity index (χ1n) is 9.26. The van der Waals surface area contributed by atoms with Crippen molar-refractivity contribution in [2.45, 2.75) is 46.5 Å². The first-order chi connectivity index (χ1) is 13.6. The number of rotatable bonds is 6. The van der Waals surface area contributed by atoms with Crippen LogP contribution in [0.3, 0.4) is 0 Å². The molecule has 158 valence electrons. The first-order valence-corrected chi connectivity index (χ1v) is 9.26. The lowest BCUT2D eigenvalue weighted by atomic mass is 9.72. The molecule has 1 unspecified atom stereocenters. The van der Waals surface area contributed by atoms with Gasteiger partial charge in [-0.15, -0.1) is 0 Å². The van der Waals surface area contributed by atoms with E-state index in [1.54, 1.807) is 33.8 Å². The Morgan fingerprint density at radius 3 is 2.55 bits per heavy atom. The minimum atomic E-state index is -1.34. The van der Waals surface area contributed by atoms with Crippen LogP contribution >= 0.6 is 0 Å². The van der Waals surface area contributed by atoms with E-state index in [0.717, 1.165) is 0 Å². The molecule has 1 aromatic carbocycles. The molecule has 0 bridgehead atoms. The summed E-state index contributed by atoms with van der Waals surface area (Å²) in [5.74, 6) is -1.71. The highest BCUT2D eigenvalue weighted by Crippen LogP contribution is 2.34. The van der Waals surface area contributed by atoms with E-state index < -0.39 is 37.2 Å². The van der Waals surface area contributed by atoms with Crippen LogP contribution in [0.4, 0.5) is 0 Å². The van der Waals surface area contributed by atoms with E-state index in [1.165, 1.54) is 13.2 Å². The molecule has 0 fully saturated rings. The van der Waals surface area contributed by atoms with Crippen LogP contribution in [0, 0.1) is 5.41 Å². The van der Waals surface area contributed by atoms with Gasteiger partial charge in [-0.2, -0.15) is 0 Å². The number of fused-ring (bicyclic) bond motifs is 1. The quantitative estimate of drug-likeness (QED) is 0.411. The molecular weight excluding hydrogens is 381 g/mol. The topological polar surface area (TPSA) is 120 Å². The van der Waals surface area contributed by atoms with E-state index in [9.17, 15) is 19.4 Å². The molecule has 0 aromatic heterocycles. The summed E-state index contributed by atoms with van der Waals surface area (Å²) in [4.78, 5) is 36.0. The number of hydrogen-bond donors (Lipinski definition) is 2. The molecule has 0 spiro atoms. The highest BCUT2D eigenvalue weighted by Gasteiger charge is 2.38. The lowest BCUT2D eigenvalue weighted by Crippen LogP contribution is -2.53. The van der Waals surface area contributed by atoms with E-state index in [-0.39, 0.29) is 30.1 Å². The summed E-state index contributed by atoms with van der Waals surface area (Å²) in [6.07, 6.45) is 0.498. The molecule has 1 aliphatic rings. The zero-order chi connectivity index (χ0) is 21.8. The Balaban J connectivity index is 2.19. The molecule has 0 aliphatic carbocycles. The van der Waals surface area contributed by atoms with Crippen molar-refractivity contribution >= 4 is 25.0 Å². The molecule has 1 aliphatic heterocycles. The number of hydrogen-bond acceptors (Lipinski definition) is 8. The lowest BCUT2D eigenvalue weighted by molar-refractivity contribution is -0.161. The summed E-state index contributed by atoms with van der Waals surface area (Å²) in [6, 6.07) is 3.06. The number of carbonyl (C=O) groups excluding carboxylic acids is 3. The van der Waals surface area contributed by atoms with Gasteiger partial charge in [0.05, 0.1) is 18.5 Å². The van der Waals surface area contributed by atoms with Gasteiger partial charge in [0, 0.05) is 6.42 Å². The van der Waals surface area contributed by atoms with Crippen LogP contribution in [0.15, 0.2) is 12.1 Å². The van der Waals surface area contributed by atoms with Crippen LogP contribution in [0.25, 0.3) is 0 Å². The van der Waals surface area contributed by atoms with Crippen LogP contribution in [0.5, 0.6) is 11.5 Å². The summed E-state index contributed by atoms with van der Waals surface area (Å²) in [5.41, 5.74) is -0.146. The molecule has 29 heavy (non-hydrogen) atoms. The average Bonchev–Trinajstić information content (AvgIpc) is 2.66. The van der Waals surface area contributed by atoms with Gasteiger partial charge in [0.25, 0.3) is 0 Å². The summed E-state index contributed by atoms with van der Waals surface area (Å²) >= 11 is 0. The molecule has 10 heteroatoms. The highest BCUT2D eigenvalue weighted by molar-refractivity contribution is 6.47. The molecule has 1 heterocycles. The van der Waals surface area contributed by atoms with E-state index >= 15 is 0 Å². The van der Waals surface area contributed by atoms with Crippen molar-refractivity contribution in [3.63, 3.8) is 0 Å². The largest absolute Gasteiger partial charge is 0.547 e. The Labute approximate surface area is 169 Å². The Bertz CT molecular complexity index is 789. The Kier molecular flexibility index (Phi) is 7.13. The van der Waals surface area contributed by atoms with E-state index in [2.05, 4.69) is 5.32 Å². The second-order valence-corrected chi connectivity index (χ2v) is 7.63. The van der Waals surface area contributed by atoms with Gasteiger partial charge in [0.2, 0.25) is 12.7 Å². The predicted octanol–water partition coefficient (Wildman–Crippen LogP) is 1.25. The van der Waals surface area contributed by atoms with Crippen molar-refractivity contribution in [2.24, 2.45) is 5.41 Å². The molecule has 2 N–H and O–H groups in total. The Hall–Kier alpha value is -2.75. The van der Waals surface area contributed by atoms with Gasteiger partial charge in [0.1, 0.15) is 17.1 Å². The number of nitrogens with one attached hydrogen (secondary N) is 1. The molecule has 1 amide bonds. The van der Waals surface area contributed by atoms with Gasteiger partial charge in [-0.05, 0) is 44.9 Å². The van der Waals surface area contributed by atoms with Crippen LogP contribution in [-0.2, 0) is 25.5 Å². The Morgan fingerprint density at radius 2 is 1.97 bits per heavy atom. The van der Waals surface area contributed by atoms with Gasteiger partial charge in [0.15, 0.2) is 0 Å². The Morgan fingerprint density at radius 1 is 1.28 bits per heavy atom. The number of ether oxygens (including phenoxy) is 3. The number of benzene rings is 1. The maximum Gasteiger partial charge on any atom is 0.547 e. The average molecular weight is 407 g/mol. The standard InChI is InChI=1S/C19H26BNO8/c1-6-15(22)21-14-8-11-7-12(26-5)9-13(16(11)29-20(14)25)17(23)27-10-28-18(24)19(2,3)4/h7,9,14,25H,6,8,10H2,1-5H3,(H,21,22). The van der Waals surface area contributed by atoms with Crippen LogP contribution < -0.4 is 14.7 Å². The third kappa shape index (κ3) is 5.63. The molecule has 2 rings (SSSR count). The molecule has 1 atom stereocenters. The fraction of sp³-hybridized carbons (Fsp3) is 0.526. The van der Waals surface area contributed by atoms with Gasteiger partial charge in [-0.1, -0.05) is 6.92 Å². The van der Waals surface area contributed by atoms with E-state index in [4.69, 9.17) is 18.9 Å². The van der Waals surface area contributed by atoms with Crippen LogP contribution in [0.1, 0.15) is 50.0 Å². The molecular formula is C19H26BNO8. The summed E-state index contributed by atoms with van der Waals surface area (Å²) < 4.78 is 20.7. The predicted molar refractivity (Wildman–Crippen MR) is 103 cm³/mol. The zero-order valence-electron chi connectivity index (χ0n) is 17.2. The minimum Gasteiger partial charge on any atom is -0.534 e. The number of amides is 1. The number of methoxy groups -OCH3 is 1. The maximum atomic E-state index is 12.5. The van der Waals surface area contributed by atoms with Gasteiger partial charge in [-0.25, -0.2) is 4.79 Å². The maximum absolute atomic E-state index is 12.5. The van der Waals surface area contributed by atoms with Crippen molar-refractivity contribution in [1.29, 1.82) is 0 Å². The van der Waals surface area contributed by atoms with Crippen LogP contribution in [-0.4, -0.2) is 49.8 Å². The summed E-state index contributed by atoms with van der Waals surface area (Å²) in [7, 11) is 0.105. The zero-order valence-corrected chi connectivity index (χ0v) is 17.2. The first kappa shape index (κ1) is 22.5. The summed E-state index contributed by atoms with van der Waals surface area (Å²) in [5, 5.41) is 12.9. The van der Waals surface area contributed by atoms with Gasteiger partial charge >= 0.3 is 19.1 Å². The normalized spacial score (nSPS) is 15.7. The molecule has 1 aromatic rings. The van der Waals surface area contributed by atoms with Crippen molar-refractivity contribution < 1.29 is 38.3 Å². The second-order valence-electron chi connectivity index (χ2n) is 7.63. The molecule has 0 saturated heterocycles. The number of carbonyl (C=O) groups is 3. The summed E-state index contributed by atoms with van der Waals surface area (Å²) in [6.45, 7) is 6.18. The van der Waals surface area contributed by atoms with Gasteiger partial charge in [-0.3, -0.25) is 9.59 Å². The van der Waals surface area contributed by atoms with Crippen LogP contribution in [0.2, 0.25) is 0 Å². The molecule has 0 saturated carbocycles. The van der Waals surface area contributed by atoms with Crippen molar-refractivity contribution in [3.8, 4) is 11.5 Å². The van der Waals surface area contributed by atoms with E-state index in [1.807, 2.05) is 0 Å². The third-order valence-corrected chi connectivity index (χ3v) is 4.28. The fourth-order valence-corrected chi connectivity index (χ4v) is 2.62. The third-order valence-electron chi connectivity index (χ3n) is 4.28.